The van der Waals surface area contributed by atoms with Crippen LogP contribution in [0.25, 0.3) is 0 Å². The summed E-state index contributed by atoms with van der Waals surface area (Å²) in [4.78, 5) is 12.2. The molecule has 1 heterocycles. The smallest absolute Gasteiger partial charge is 0.258 e. The summed E-state index contributed by atoms with van der Waals surface area (Å²) in [6.07, 6.45) is 5.46. The number of sulfonamides is 1. The lowest BCUT2D eigenvalue weighted by atomic mass is 9.95. The van der Waals surface area contributed by atoms with Gasteiger partial charge in [0.15, 0.2) is 6.61 Å². The maximum atomic E-state index is 12.9. The largest absolute Gasteiger partial charge is 0.483 e. The lowest BCUT2D eigenvalue weighted by Crippen LogP contribution is -2.40. The normalized spacial score (nSPS) is 19.4. The van der Waals surface area contributed by atoms with Gasteiger partial charge in [-0.25, -0.2) is 8.42 Å². The number of ether oxygens (including phenoxy) is 2. The predicted octanol–water partition coefficient (Wildman–Crippen LogP) is 2.50. The maximum absolute atomic E-state index is 12.9. The second kappa shape index (κ2) is 9.43. The monoisotopic (exact) mass is 430 g/mol. The molecule has 1 N–H and O–H groups in total. The topological polar surface area (TPSA) is 84.9 Å². The minimum absolute atomic E-state index is 0.00986. The summed E-state index contributed by atoms with van der Waals surface area (Å²) < 4.78 is 38.1. The van der Waals surface area contributed by atoms with E-state index in [9.17, 15) is 13.2 Å². The van der Waals surface area contributed by atoms with E-state index in [2.05, 4.69) is 5.32 Å². The van der Waals surface area contributed by atoms with Gasteiger partial charge in [-0.05, 0) is 31.4 Å². The van der Waals surface area contributed by atoms with E-state index >= 15 is 0 Å². The van der Waals surface area contributed by atoms with Crippen molar-refractivity contribution in [1.82, 2.24) is 9.62 Å². The highest BCUT2D eigenvalue weighted by Crippen LogP contribution is 2.32. The van der Waals surface area contributed by atoms with Crippen LogP contribution < -0.4 is 10.1 Å². The van der Waals surface area contributed by atoms with Gasteiger partial charge < -0.3 is 14.8 Å². The number of carbonyl (C=O) groups excluding carboxylic acids is 1. The predicted molar refractivity (Wildman–Crippen MR) is 106 cm³/mol. The average Bonchev–Trinajstić information content (AvgIpc) is 2.68. The molecule has 1 aromatic rings. The molecule has 0 unspecified atom stereocenters. The Balaban J connectivity index is 1.69. The third-order valence-corrected chi connectivity index (χ3v) is 7.51. The van der Waals surface area contributed by atoms with Crippen LogP contribution in [-0.2, 0) is 19.6 Å². The van der Waals surface area contributed by atoms with E-state index in [-0.39, 0.29) is 41.6 Å². The highest BCUT2D eigenvalue weighted by molar-refractivity contribution is 7.89. The third kappa shape index (κ3) is 5.17. The van der Waals surface area contributed by atoms with Crippen molar-refractivity contribution >= 4 is 27.5 Å². The molecule has 2 aliphatic rings. The number of nitrogens with one attached hydrogen (secondary N) is 1. The Morgan fingerprint density at radius 1 is 1.25 bits per heavy atom. The summed E-state index contributed by atoms with van der Waals surface area (Å²) in [5, 5.41) is 3.13. The van der Waals surface area contributed by atoms with Crippen LogP contribution in [0.1, 0.15) is 37.7 Å². The molecule has 156 valence electrons. The second-order valence-corrected chi connectivity index (χ2v) is 9.57. The Labute approximate surface area is 171 Å². The van der Waals surface area contributed by atoms with Gasteiger partial charge in [0.1, 0.15) is 10.6 Å². The summed E-state index contributed by atoms with van der Waals surface area (Å²) in [5.41, 5.74) is 0.677. The third-order valence-electron chi connectivity index (χ3n) is 5.15. The van der Waals surface area contributed by atoms with Crippen molar-refractivity contribution < 1.29 is 22.7 Å². The number of nitrogens with zero attached hydrogens (tertiary/aromatic N) is 1. The maximum Gasteiger partial charge on any atom is 0.258 e. The van der Waals surface area contributed by atoms with Crippen LogP contribution in [0, 0.1) is 6.92 Å². The molecule has 0 spiro atoms. The fraction of sp³-hybridized carbons (Fsp3) is 0.632. The lowest BCUT2D eigenvalue weighted by Gasteiger charge is -2.26. The lowest BCUT2D eigenvalue weighted by molar-refractivity contribution is -0.124. The van der Waals surface area contributed by atoms with Crippen LogP contribution in [0.2, 0.25) is 5.02 Å². The zero-order valence-corrected chi connectivity index (χ0v) is 17.7. The second-order valence-electron chi connectivity index (χ2n) is 7.26. The molecule has 2 fully saturated rings. The summed E-state index contributed by atoms with van der Waals surface area (Å²) in [6.45, 7) is 2.89. The SMILES string of the molecule is Cc1cc(Cl)c(S(=O)(=O)N2CCOCC2)cc1OCC(=O)NC1CCCCC1. The molecule has 9 heteroatoms. The molecular formula is C19H27ClN2O5S. The van der Waals surface area contributed by atoms with Crippen molar-refractivity contribution in [3.8, 4) is 5.75 Å². The minimum atomic E-state index is -3.75. The van der Waals surface area contributed by atoms with E-state index in [0.29, 0.717) is 24.5 Å². The van der Waals surface area contributed by atoms with E-state index in [1.165, 1.54) is 16.8 Å². The number of amides is 1. The molecule has 1 aliphatic carbocycles. The number of halogens is 1. The van der Waals surface area contributed by atoms with Gasteiger partial charge in [0.25, 0.3) is 5.91 Å². The average molecular weight is 431 g/mol. The molecule has 0 bridgehead atoms. The van der Waals surface area contributed by atoms with Gasteiger partial charge in [-0.15, -0.1) is 0 Å². The van der Waals surface area contributed by atoms with Crippen LogP contribution in [-0.4, -0.2) is 57.6 Å². The van der Waals surface area contributed by atoms with E-state index in [1.807, 2.05) is 0 Å². The first kappa shape index (κ1) is 21.4. The number of aryl methyl sites for hydroxylation is 1. The molecule has 1 saturated heterocycles. The Morgan fingerprint density at radius 2 is 1.93 bits per heavy atom. The molecule has 1 aromatic carbocycles. The fourth-order valence-corrected chi connectivity index (χ4v) is 5.55. The molecule has 28 heavy (non-hydrogen) atoms. The zero-order chi connectivity index (χ0) is 20.1. The molecule has 3 rings (SSSR count). The van der Waals surface area contributed by atoms with Crippen LogP contribution >= 0.6 is 11.6 Å². The van der Waals surface area contributed by atoms with Gasteiger partial charge in [0.2, 0.25) is 10.0 Å². The van der Waals surface area contributed by atoms with Crippen molar-refractivity contribution in [3.05, 3.63) is 22.7 Å². The van der Waals surface area contributed by atoms with Crippen molar-refractivity contribution in [2.24, 2.45) is 0 Å². The Morgan fingerprint density at radius 3 is 2.61 bits per heavy atom. The summed E-state index contributed by atoms with van der Waals surface area (Å²) in [6, 6.07) is 3.17. The first-order valence-electron chi connectivity index (χ1n) is 9.68. The summed E-state index contributed by atoms with van der Waals surface area (Å²) >= 11 is 6.22. The van der Waals surface area contributed by atoms with Gasteiger partial charge in [-0.1, -0.05) is 30.9 Å². The number of rotatable bonds is 6. The van der Waals surface area contributed by atoms with Crippen LogP contribution in [0.15, 0.2) is 17.0 Å². The van der Waals surface area contributed by atoms with Gasteiger partial charge in [0.05, 0.1) is 18.2 Å². The highest BCUT2D eigenvalue weighted by Gasteiger charge is 2.29. The van der Waals surface area contributed by atoms with Gasteiger partial charge in [0, 0.05) is 25.2 Å². The van der Waals surface area contributed by atoms with Crippen LogP contribution in [0.5, 0.6) is 5.75 Å². The van der Waals surface area contributed by atoms with Crippen molar-refractivity contribution in [2.45, 2.75) is 50.0 Å². The molecule has 7 nitrogen and oxygen atoms in total. The molecule has 1 aliphatic heterocycles. The molecule has 0 radical (unpaired) electrons. The molecule has 1 saturated carbocycles. The highest BCUT2D eigenvalue weighted by atomic mass is 35.5. The Hall–Kier alpha value is -1.35. The fourth-order valence-electron chi connectivity index (χ4n) is 3.57. The van der Waals surface area contributed by atoms with Gasteiger partial charge >= 0.3 is 0 Å². The summed E-state index contributed by atoms with van der Waals surface area (Å²) in [7, 11) is -3.75. The van der Waals surface area contributed by atoms with Crippen LogP contribution in [0.4, 0.5) is 0 Å². The van der Waals surface area contributed by atoms with E-state index in [4.69, 9.17) is 21.1 Å². The number of carbonyl (C=O) groups is 1. The van der Waals surface area contributed by atoms with E-state index in [0.717, 1.165) is 25.7 Å². The Bertz CT molecular complexity index is 803. The molecule has 0 aromatic heterocycles. The molecule has 1 amide bonds. The van der Waals surface area contributed by atoms with E-state index in [1.54, 1.807) is 13.0 Å². The van der Waals surface area contributed by atoms with Crippen LogP contribution in [0.3, 0.4) is 0 Å². The van der Waals surface area contributed by atoms with Gasteiger partial charge in [-0.2, -0.15) is 4.31 Å². The van der Waals surface area contributed by atoms with Crippen molar-refractivity contribution in [1.29, 1.82) is 0 Å². The van der Waals surface area contributed by atoms with Crippen molar-refractivity contribution in [3.63, 3.8) is 0 Å². The zero-order valence-electron chi connectivity index (χ0n) is 16.1. The first-order valence-corrected chi connectivity index (χ1v) is 11.5. The number of morpholine rings is 1. The first-order chi connectivity index (χ1) is 13.4. The van der Waals surface area contributed by atoms with Crippen molar-refractivity contribution in [2.75, 3.05) is 32.9 Å². The minimum Gasteiger partial charge on any atom is -0.483 e. The van der Waals surface area contributed by atoms with Gasteiger partial charge in [-0.3, -0.25) is 4.79 Å². The number of benzene rings is 1. The quantitative estimate of drug-likeness (QED) is 0.749. The molecular weight excluding hydrogens is 404 g/mol. The molecule has 0 atom stereocenters. The number of hydrogen-bond donors (Lipinski definition) is 1. The summed E-state index contributed by atoms with van der Waals surface area (Å²) in [5.74, 6) is 0.147. The Kier molecular flexibility index (Phi) is 7.20. The standard InChI is InChI=1S/C19H27ClN2O5S/c1-14-11-16(20)18(28(24,25)22-7-9-26-10-8-22)12-17(14)27-13-19(23)21-15-5-3-2-4-6-15/h11-12,15H,2-10,13H2,1H3,(H,21,23). The number of hydrogen-bond acceptors (Lipinski definition) is 5. The van der Waals surface area contributed by atoms with E-state index < -0.39 is 10.0 Å².